The van der Waals surface area contributed by atoms with E-state index in [9.17, 15) is 20.0 Å². The fraction of sp³-hybridized carbons (Fsp3) is 0.176. The summed E-state index contributed by atoms with van der Waals surface area (Å²) in [5.41, 5.74) is 5.16. The molecule has 46 heavy (non-hydrogen) atoms. The molecule has 0 radical (unpaired) electrons. The van der Waals surface area contributed by atoms with Gasteiger partial charge in [0, 0.05) is 53.1 Å². The van der Waals surface area contributed by atoms with E-state index in [1.807, 2.05) is 44.1 Å². The lowest BCUT2D eigenvalue weighted by Crippen LogP contribution is -2.27. The van der Waals surface area contributed by atoms with Crippen LogP contribution in [0.3, 0.4) is 0 Å². The molecular formula is C34H27ClN6O4S. The minimum atomic E-state index is -1.05. The molecule has 6 aromatic rings. The molecule has 0 fully saturated rings. The van der Waals surface area contributed by atoms with Crippen LogP contribution >= 0.6 is 22.9 Å². The average Bonchev–Trinajstić information content (AvgIpc) is 3.47. The number of rotatable bonds is 8. The van der Waals surface area contributed by atoms with Crippen LogP contribution in [0.1, 0.15) is 27.3 Å². The van der Waals surface area contributed by atoms with Crippen molar-refractivity contribution in [2.75, 3.05) is 25.6 Å². The number of carboxylic acids is 1. The van der Waals surface area contributed by atoms with E-state index in [0.717, 1.165) is 22.4 Å². The number of halogens is 1. The second-order valence-corrected chi connectivity index (χ2v) is 12.2. The molecule has 230 valence electrons. The molecule has 6 rings (SSSR count). The van der Waals surface area contributed by atoms with Crippen LogP contribution in [-0.4, -0.2) is 51.3 Å². The quantitative estimate of drug-likeness (QED) is 0.190. The van der Waals surface area contributed by atoms with Crippen LogP contribution in [0.2, 0.25) is 5.02 Å². The first kappa shape index (κ1) is 30.7. The lowest BCUT2D eigenvalue weighted by Gasteiger charge is -2.17. The number of carbonyl (C=O) groups is 1. The van der Waals surface area contributed by atoms with Crippen molar-refractivity contribution in [2.45, 2.75) is 20.4 Å². The Bertz CT molecular complexity index is 2290. The zero-order valence-electron chi connectivity index (χ0n) is 25.3. The normalized spacial score (nSPS) is 11.1. The molecule has 2 aromatic carbocycles. The highest BCUT2D eigenvalue weighted by Crippen LogP contribution is 2.39. The van der Waals surface area contributed by atoms with Gasteiger partial charge in [-0.15, -0.1) is 11.3 Å². The number of thiophene rings is 1. The van der Waals surface area contributed by atoms with Crippen molar-refractivity contribution in [1.82, 2.24) is 19.5 Å². The number of aromatic nitrogens is 4. The Morgan fingerprint density at radius 1 is 1.13 bits per heavy atom. The zero-order chi connectivity index (χ0) is 32.7. The molecule has 0 atom stereocenters. The van der Waals surface area contributed by atoms with Crippen LogP contribution < -0.4 is 15.2 Å². The molecule has 4 heterocycles. The van der Waals surface area contributed by atoms with Crippen molar-refractivity contribution < 1.29 is 14.6 Å². The highest BCUT2D eigenvalue weighted by molar-refractivity contribution is 7.18. The summed E-state index contributed by atoms with van der Waals surface area (Å²) in [7, 11) is 3.87. The standard InChI is InChI=1S/C34H27ClN6O4S/c1-18-11-20(13-22(12-18)40(3)4)30-25(15-36)29-27(16-38-30)39-19(2)41(33(29)42)9-10-45-28-6-5-21(35)14-24(28)23-7-8-37-31-26(34(43)44)17-46-32(23)31/h5-8,11-14,16-17H,9-10H2,1-4H3,(H,43,44). The van der Waals surface area contributed by atoms with Crippen molar-refractivity contribution >= 4 is 55.7 Å². The number of aromatic carboxylic acids is 1. The summed E-state index contributed by atoms with van der Waals surface area (Å²) in [6.45, 7) is 3.95. The first-order chi connectivity index (χ1) is 22.1. The predicted octanol–water partition coefficient (Wildman–Crippen LogP) is 6.72. The minimum Gasteiger partial charge on any atom is -0.491 e. The van der Waals surface area contributed by atoms with E-state index in [1.165, 1.54) is 22.1 Å². The molecule has 0 aliphatic carbocycles. The van der Waals surface area contributed by atoms with Gasteiger partial charge in [-0.25, -0.2) is 9.78 Å². The molecule has 0 saturated carbocycles. The molecule has 12 heteroatoms. The fourth-order valence-corrected chi connectivity index (χ4v) is 6.65. The molecule has 1 N–H and O–H groups in total. The Labute approximate surface area is 272 Å². The lowest BCUT2D eigenvalue weighted by atomic mass is 10.0. The Kier molecular flexibility index (Phi) is 8.17. The summed E-state index contributed by atoms with van der Waals surface area (Å²) < 4.78 is 8.40. The number of nitriles is 1. The van der Waals surface area contributed by atoms with Gasteiger partial charge >= 0.3 is 5.97 Å². The maximum atomic E-state index is 13.9. The van der Waals surface area contributed by atoms with Gasteiger partial charge in [0.2, 0.25) is 0 Å². The molecule has 0 unspecified atom stereocenters. The summed E-state index contributed by atoms with van der Waals surface area (Å²) in [4.78, 5) is 41.1. The third kappa shape index (κ3) is 5.53. The molecule has 0 bridgehead atoms. The predicted molar refractivity (Wildman–Crippen MR) is 180 cm³/mol. The minimum absolute atomic E-state index is 0.103. The van der Waals surface area contributed by atoms with Crippen LogP contribution in [0.25, 0.3) is 43.5 Å². The van der Waals surface area contributed by atoms with Crippen molar-refractivity contribution in [3.8, 4) is 34.2 Å². The monoisotopic (exact) mass is 650 g/mol. The maximum absolute atomic E-state index is 13.9. The molecule has 0 saturated heterocycles. The largest absolute Gasteiger partial charge is 0.491 e. The van der Waals surface area contributed by atoms with Crippen LogP contribution in [0.4, 0.5) is 5.69 Å². The smallest absolute Gasteiger partial charge is 0.338 e. The average molecular weight is 651 g/mol. The molecule has 0 amide bonds. The van der Waals surface area contributed by atoms with E-state index in [4.69, 9.17) is 16.3 Å². The fourth-order valence-electron chi connectivity index (χ4n) is 5.45. The molecular weight excluding hydrogens is 624 g/mol. The Hall–Kier alpha value is -5.31. The van der Waals surface area contributed by atoms with Gasteiger partial charge < -0.3 is 14.7 Å². The van der Waals surface area contributed by atoms with E-state index >= 15 is 0 Å². The molecule has 4 aromatic heterocycles. The SMILES string of the molecule is Cc1cc(-c2ncc3nc(C)n(CCOc4ccc(Cl)cc4-c4ccnc5c(C(=O)O)csc45)c(=O)c3c2C#N)cc(N(C)C)c1. The Morgan fingerprint density at radius 2 is 1.93 bits per heavy atom. The number of fused-ring (bicyclic) bond motifs is 2. The van der Waals surface area contributed by atoms with Crippen LogP contribution in [0.15, 0.2) is 65.0 Å². The zero-order valence-corrected chi connectivity index (χ0v) is 26.9. The van der Waals surface area contributed by atoms with Crippen LogP contribution in [-0.2, 0) is 6.54 Å². The topological polar surface area (TPSA) is 134 Å². The third-order valence-corrected chi connectivity index (χ3v) is 8.88. The number of pyridine rings is 2. The van der Waals surface area contributed by atoms with Crippen molar-refractivity contribution in [3.63, 3.8) is 0 Å². The summed E-state index contributed by atoms with van der Waals surface area (Å²) in [5.74, 6) is -0.0955. The van der Waals surface area contributed by atoms with Gasteiger partial charge in [0.1, 0.15) is 24.3 Å². The van der Waals surface area contributed by atoms with Gasteiger partial charge in [0.05, 0.1) is 50.7 Å². The number of ether oxygens (including phenoxy) is 1. The molecule has 0 spiro atoms. The second-order valence-electron chi connectivity index (χ2n) is 10.9. The number of carboxylic acid groups (broad SMARTS) is 1. The number of anilines is 1. The number of benzene rings is 2. The van der Waals surface area contributed by atoms with Crippen LogP contribution in [0.5, 0.6) is 5.75 Å². The Balaban J connectivity index is 1.36. The number of aryl methyl sites for hydroxylation is 2. The van der Waals surface area contributed by atoms with E-state index in [2.05, 4.69) is 21.0 Å². The highest BCUT2D eigenvalue weighted by atomic mass is 35.5. The van der Waals surface area contributed by atoms with Gasteiger partial charge in [0.15, 0.2) is 0 Å². The second kappa shape index (κ2) is 12.2. The van der Waals surface area contributed by atoms with E-state index < -0.39 is 5.97 Å². The summed E-state index contributed by atoms with van der Waals surface area (Å²) >= 11 is 7.65. The summed E-state index contributed by atoms with van der Waals surface area (Å²) in [6, 6.07) is 15.1. The van der Waals surface area contributed by atoms with E-state index in [-0.39, 0.29) is 35.2 Å². The molecule has 10 nitrogen and oxygen atoms in total. The molecule has 0 aliphatic heterocycles. The van der Waals surface area contributed by atoms with Crippen LogP contribution in [0, 0.1) is 25.2 Å². The molecule has 0 aliphatic rings. The van der Waals surface area contributed by atoms with Gasteiger partial charge in [-0.3, -0.25) is 19.3 Å². The van der Waals surface area contributed by atoms with Crippen molar-refractivity contribution in [2.24, 2.45) is 0 Å². The Morgan fingerprint density at radius 3 is 2.67 bits per heavy atom. The number of hydrogen-bond donors (Lipinski definition) is 1. The van der Waals surface area contributed by atoms with Gasteiger partial charge in [-0.05, 0) is 61.9 Å². The first-order valence-electron chi connectivity index (χ1n) is 14.2. The number of nitrogens with zero attached hydrogens (tertiary/aromatic N) is 6. The van der Waals surface area contributed by atoms with Gasteiger partial charge in [-0.2, -0.15) is 5.26 Å². The van der Waals surface area contributed by atoms with E-state index in [1.54, 1.807) is 42.8 Å². The van der Waals surface area contributed by atoms with Crippen molar-refractivity contribution in [3.05, 3.63) is 98.1 Å². The maximum Gasteiger partial charge on any atom is 0.338 e. The van der Waals surface area contributed by atoms with Crippen molar-refractivity contribution in [1.29, 1.82) is 5.26 Å². The highest BCUT2D eigenvalue weighted by Gasteiger charge is 2.20. The lowest BCUT2D eigenvalue weighted by molar-refractivity contribution is 0.0699. The summed E-state index contributed by atoms with van der Waals surface area (Å²) in [6.07, 6.45) is 3.09. The van der Waals surface area contributed by atoms with Gasteiger partial charge in [-0.1, -0.05) is 11.6 Å². The van der Waals surface area contributed by atoms with E-state index in [0.29, 0.717) is 43.6 Å². The number of hydrogen-bond acceptors (Lipinski definition) is 9. The third-order valence-electron chi connectivity index (χ3n) is 7.64. The summed E-state index contributed by atoms with van der Waals surface area (Å²) in [5, 5.41) is 22.1. The first-order valence-corrected chi connectivity index (χ1v) is 15.4. The van der Waals surface area contributed by atoms with Gasteiger partial charge in [0.25, 0.3) is 5.56 Å².